The lowest BCUT2D eigenvalue weighted by molar-refractivity contribution is -0.0579. The molecule has 4 aliphatic rings. The van der Waals surface area contributed by atoms with Gasteiger partial charge in [0.15, 0.2) is 8.32 Å². The molecule has 0 bridgehead atoms. The Hall–Kier alpha value is -1.49. The SMILES string of the molecule is CC1(C)Cc2nc(C3CCCC3)c3c(c2C(O[Si](C)(C)C(C)(C)C)C1)C1(CCCC1)O[C@@H]3c1cccc(C(C)(C)C)c1. The third-order valence-corrected chi connectivity index (χ3v) is 16.1. The molecular formula is C38H57NO2Si. The lowest BCUT2D eigenvalue weighted by atomic mass is 9.70. The highest BCUT2D eigenvalue weighted by Gasteiger charge is 2.54. The van der Waals surface area contributed by atoms with Crippen molar-refractivity contribution in [1.82, 2.24) is 4.98 Å². The maximum atomic E-state index is 7.51. The van der Waals surface area contributed by atoms with Gasteiger partial charge in [0.25, 0.3) is 0 Å². The molecule has 2 atom stereocenters. The number of hydrogen-bond donors (Lipinski definition) is 0. The zero-order valence-electron chi connectivity index (χ0n) is 28.4. The fourth-order valence-corrected chi connectivity index (χ4v) is 9.52. The molecule has 1 aliphatic heterocycles. The summed E-state index contributed by atoms with van der Waals surface area (Å²) >= 11 is 0. The Balaban J connectivity index is 1.61. The topological polar surface area (TPSA) is 31.4 Å². The van der Waals surface area contributed by atoms with Crippen LogP contribution in [0, 0.1) is 5.41 Å². The Labute approximate surface area is 257 Å². The molecule has 42 heavy (non-hydrogen) atoms. The molecule has 0 amide bonds. The molecule has 2 saturated carbocycles. The van der Waals surface area contributed by atoms with E-state index in [9.17, 15) is 0 Å². The first-order valence-corrected chi connectivity index (χ1v) is 20.0. The lowest BCUT2D eigenvalue weighted by Crippen LogP contribution is -2.44. The van der Waals surface area contributed by atoms with Crippen molar-refractivity contribution < 1.29 is 9.16 Å². The van der Waals surface area contributed by atoms with Gasteiger partial charge in [0.2, 0.25) is 0 Å². The van der Waals surface area contributed by atoms with E-state index < -0.39 is 8.32 Å². The Morgan fingerprint density at radius 2 is 1.60 bits per heavy atom. The predicted molar refractivity (Wildman–Crippen MR) is 177 cm³/mol. The first-order valence-electron chi connectivity index (χ1n) is 17.0. The van der Waals surface area contributed by atoms with Crippen LogP contribution in [0.4, 0.5) is 0 Å². The van der Waals surface area contributed by atoms with E-state index in [0.717, 1.165) is 25.7 Å². The Kier molecular flexibility index (Phi) is 7.47. The van der Waals surface area contributed by atoms with E-state index in [1.54, 1.807) is 0 Å². The second-order valence-electron chi connectivity index (χ2n) is 17.6. The zero-order chi connectivity index (χ0) is 30.3. The fourth-order valence-electron chi connectivity index (χ4n) is 8.25. The van der Waals surface area contributed by atoms with Crippen molar-refractivity contribution in [3.63, 3.8) is 0 Å². The molecule has 0 N–H and O–H groups in total. The van der Waals surface area contributed by atoms with Crippen molar-refractivity contribution in [3.8, 4) is 0 Å². The van der Waals surface area contributed by atoms with Crippen molar-refractivity contribution in [1.29, 1.82) is 0 Å². The highest BCUT2D eigenvalue weighted by Crippen LogP contribution is 2.61. The minimum atomic E-state index is -2.02. The largest absolute Gasteiger partial charge is 0.410 e. The summed E-state index contributed by atoms with van der Waals surface area (Å²) in [6, 6.07) is 9.31. The van der Waals surface area contributed by atoms with Gasteiger partial charge in [0, 0.05) is 22.7 Å². The van der Waals surface area contributed by atoms with Gasteiger partial charge in [0.05, 0.1) is 17.4 Å². The molecule has 1 aromatic carbocycles. The lowest BCUT2D eigenvalue weighted by Gasteiger charge is -2.45. The second kappa shape index (κ2) is 10.3. The summed E-state index contributed by atoms with van der Waals surface area (Å²) in [4.78, 5) is 5.76. The molecule has 2 aromatic rings. The van der Waals surface area contributed by atoms with Crippen LogP contribution in [-0.4, -0.2) is 13.3 Å². The van der Waals surface area contributed by atoms with E-state index in [2.05, 4.69) is 92.7 Å². The number of aromatic nitrogens is 1. The summed E-state index contributed by atoms with van der Waals surface area (Å²) in [6.45, 7) is 23.8. The van der Waals surface area contributed by atoms with Gasteiger partial charge in [0.1, 0.15) is 6.10 Å². The highest BCUT2D eigenvalue weighted by atomic mass is 28.4. The molecule has 3 aliphatic carbocycles. The summed E-state index contributed by atoms with van der Waals surface area (Å²) in [6.07, 6.45) is 12.0. The number of nitrogens with zero attached hydrogens (tertiary/aromatic N) is 1. The molecule has 4 heteroatoms. The zero-order valence-corrected chi connectivity index (χ0v) is 29.4. The average Bonchev–Trinajstić information content (AvgIpc) is 3.63. The van der Waals surface area contributed by atoms with E-state index in [-0.39, 0.29) is 33.7 Å². The summed E-state index contributed by atoms with van der Waals surface area (Å²) < 4.78 is 15.0. The normalized spacial score (nSPS) is 25.7. The van der Waals surface area contributed by atoms with Gasteiger partial charge in [-0.2, -0.15) is 0 Å². The molecule has 0 radical (unpaired) electrons. The highest BCUT2D eigenvalue weighted by molar-refractivity contribution is 6.74. The summed E-state index contributed by atoms with van der Waals surface area (Å²) in [5.41, 5.74) is 9.85. The van der Waals surface area contributed by atoms with E-state index in [4.69, 9.17) is 14.1 Å². The molecule has 1 spiro atoms. The van der Waals surface area contributed by atoms with Gasteiger partial charge < -0.3 is 9.16 Å². The maximum Gasteiger partial charge on any atom is 0.192 e. The second-order valence-corrected chi connectivity index (χ2v) is 22.4. The quantitative estimate of drug-likeness (QED) is 0.333. The number of benzene rings is 1. The van der Waals surface area contributed by atoms with Crippen LogP contribution < -0.4 is 0 Å². The van der Waals surface area contributed by atoms with Gasteiger partial charge in [-0.1, -0.05) is 105 Å². The average molecular weight is 588 g/mol. The third kappa shape index (κ3) is 5.26. The third-order valence-electron chi connectivity index (χ3n) is 11.6. The molecule has 0 saturated heterocycles. The van der Waals surface area contributed by atoms with E-state index >= 15 is 0 Å². The number of rotatable bonds is 4. The number of fused-ring (bicyclic) bond motifs is 4. The van der Waals surface area contributed by atoms with Crippen molar-refractivity contribution in [2.45, 2.75) is 167 Å². The minimum absolute atomic E-state index is 0.0442. The minimum Gasteiger partial charge on any atom is -0.410 e. The van der Waals surface area contributed by atoms with Crippen molar-refractivity contribution >= 4 is 8.32 Å². The van der Waals surface area contributed by atoms with Crippen molar-refractivity contribution in [2.24, 2.45) is 5.41 Å². The smallest absolute Gasteiger partial charge is 0.192 e. The molecular weight excluding hydrogens is 531 g/mol. The number of ether oxygens (including phenoxy) is 1. The first-order chi connectivity index (χ1) is 19.5. The van der Waals surface area contributed by atoms with Crippen LogP contribution in [0.15, 0.2) is 24.3 Å². The monoisotopic (exact) mass is 587 g/mol. The Bertz CT molecular complexity index is 1330. The number of hydrogen-bond acceptors (Lipinski definition) is 3. The Morgan fingerprint density at radius 3 is 2.21 bits per heavy atom. The van der Waals surface area contributed by atoms with Gasteiger partial charge in [-0.15, -0.1) is 0 Å². The van der Waals surface area contributed by atoms with Gasteiger partial charge in [-0.25, -0.2) is 0 Å². The summed E-state index contributed by atoms with van der Waals surface area (Å²) in [5.74, 6) is 0.544. The van der Waals surface area contributed by atoms with Crippen LogP contribution in [0.5, 0.6) is 0 Å². The van der Waals surface area contributed by atoms with Crippen LogP contribution in [0.3, 0.4) is 0 Å². The van der Waals surface area contributed by atoms with E-state index in [0.29, 0.717) is 5.92 Å². The van der Waals surface area contributed by atoms with Crippen LogP contribution >= 0.6 is 0 Å². The summed E-state index contributed by atoms with van der Waals surface area (Å²) in [5, 5.41) is 0.159. The fraction of sp³-hybridized carbons (Fsp3) is 0.711. The molecule has 2 fully saturated rings. The molecule has 1 aromatic heterocycles. The number of pyridine rings is 1. The Morgan fingerprint density at radius 1 is 0.929 bits per heavy atom. The van der Waals surface area contributed by atoms with Crippen LogP contribution in [-0.2, 0) is 26.6 Å². The van der Waals surface area contributed by atoms with E-state index in [1.165, 1.54) is 77.7 Å². The van der Waals surface area contributed by atoms with Gasteiger partial charge in [-0.05, 0) is 84.2 Å². The van der Waals surface area contributed by atoms with Gasteiger partial charge >= 0.3 is 0 Å². The summed E-state index contributed by atoms with van der Waals surface area (Å²) in [7, 11) is -2.02. The standard InChI is InChI=1S/C38H57NO2Si/c1-35(2,3)27-19-15-18-26(22-27)34-31-32(38(40-34)20-13-14-21-38)30-28(39-33(31)25-16-11-12-17-25)23-37(7,8)24-29(30)41-42(9,10)36(4,5)6/h15,18-19,22,25,29,34H,11-14,16-17,20-21,23-24H2,1-10H3/t29?,34-/m1/s1. The maximum absolute atomic E-state index is 7.51. The van der Waals surface area contributed by atoms with Crippen molar-refractivity contribution in [2.75, 3.05) is 0 Å². The molecule has 3 nitrogen and oxygen atoms in total. The van der Waals surface area contributed by atoms with Gasteiger partial charge in [-0.3, -0.25) is 4.98 Å². The molecule has 6 rings (SSSR count). The molecule has 2 heterocycles. The molecule has 1 unspecified atom stereocenters. The van der Waals surface area contributed by atoms with Crippen molar-refractivity contribution in [3.05, 3.63) is 63.5 Å². The molecule has 230 valence electrons. The van der Waals surface area contributed by atoms with Crippen LogP contribution in [0.25, 0.3) is 0 Å². The van der Waals surface area contributed by atoms with Crippen LogP contribution in [0.1, 0.15) is 171 Å². The van der Waals surface area contributed by atoms with Crippen LogP contribution in [0.2, 0.25) is 18.1 Å². The first kappa shape index (κ1) is 30.5. The predicted octanol–water partition coefficient (Wildman–Crippen LogP) is 11.0. The van der Waals surface area contributed by atoms with E-state index in [1.807, 2.05) is 0 Å².